The Morgan fingerprint density at radius 1 is 1.56 bits per heavy atom. The highest BCUT2D eigenvalue weighted by molar-refractivity contribution is 9.09. The molecule has 0 saturated carbocycles. The first kappa shape index (κ1) is 13.0. The Hall–Kier alpha value is -1.05. The quantitative estimate of drug-likeness (QED) is 0.562. The number of rotatable bonds is 4. The fourth-order valence-corrected chi connectivity index (χ4v) is 1.44. The second-order valence-corrected chi connectivity index (χ2v) is 3.73. The van der Waals surface area contributed by atoms with Crippen molar-refractivity contribution in [2.75, 3.05) is 5.33 Å². The van der Waals surface area contributed by atoms with Crippen LogP contribution >= 0.6 is 15.9 Å². The molecule has 5 nitrogen and oxygen atoms in total. The minimum absolute atomic E-state index is 0.0470. The Bertz CT molecular complexity index is 401. The van der Waals surface area contributed by atoms with E-state index >= 15 is 0 Å². The van der Waals surface area contributed by atoms with E-state index in [-0.39, 0.29) is 10.9 Å². The van der Waals surface area contributed by atoms with Gasteiger partial charge in [-0.05, 0) is 6.07 Å². The highest BCUT2D eigenvalue weighted by Gasteiger charge is 2.21. The summed E-state index contributed by atoms with van der Waals surface area (Å²) < 4.78 is 12.9. The topological polar surface area (TPSA) is 90.7 Å². The van der Waals surface area contributed by atoms with Gasteiger partial charge in [0.1, 0.15) is 11.7 Å². The SMILES string of the molecule is O=C(O)c1cc(C(O)C(O)CBr)cnc1F. The van der Waals surface area contributed by atoms with Gasteiger partial charge in [-0.25, -0.2) is 9.78 Å². The van der Waals surface area contributed by atoms with Crippen LogP contribution in [0.15, 0.2) is 12.3 Å². The number of alkyl halides is 1. The molecule has 0 aliphatic heterocycles. The van der Waals surface area contributed by atoms with Crippen LogP contribution in [0.1, 0.15) is 22.0 Å². The minimum atomic E-state index is -1.48. The maximum absolute atomic E-state index is 12.9. The lowest BCUT2D eigenvalue weighted by molar-refractivity contribution is 0.0338. The van der Waals surface area contributed by atoms with Gasteiger partial charge in [-0.1, -0.05) is 15.9 Å². The minimum Gasteiger partial charge on any atom is -0.478 e. The van der Waals surface area contributed by atoms with E-state index in [9.17, 15) is 19.4 Å². The fourth-order valence-electron chi connectivity index (χ4n) is 1.08. The second-order valence-electron chi connectivity index (χ2n) is 3.08. The zero-order valence-corrected chi connectivity index (χ0v) is 9.56. The largest absolute Gasteiger partial charge is 0.478 e. The summed E-state index contributed by atoms with van der Waals surface area (Å²) in [5.74, 6) is -2.61. The number of aliphatic hydroxyl groups is 2. The van der Waals surface area contributed by atoms with Crippen molar-refractivity contribution in [3.63, 3.8) is 0 Å². The van der Waals surface area contributed by atoms with Crippen LogP contribution < -0.4 is 0 Å². The number of aromatic carboxylic acids is 1. The van der Waals surface area contributed by atoms with Crippen LogP contribution in [0.25, 0.3) is 0 Å². The molecule has 0 aliphatic rings. The van der Waals surface area contributed by atoms with Crippen molar-refractivity contribution in [3.05, 3.63) is 29.3 Å². The molecule has 7 heteroatoms. The number of aliphatic hydroxyl groups excluding tert-OH is 2. The Balaban J connectivity index is 3.07. The number of hydrogen-bond acceptors (Lipinski definition) is 4. The average Bonchev–Trinajstić information content (AvgIpc) is 2.27. The van der Waals surface area contributed by atoms with Gasteiger partial charge < -0.3 is 15.3 Å². The maximum atomic E-state index is 12.9. The highest BCUT2D eigenvalue weighted by Crippen LogP contribution is 2.19. The molecule has 3 N–H and O–H groups in total. The van der Waals surface area contributed by atoms with E-state index in [0.29, 0.717) is 0 Å². The monoisotopic (exact) mass is 293 g/mol. The van der Waals surface area contributed by atoms with E-state index in [1.165, 1.54) is 0 Å². The van der Waals surface area contributed by atoms with E-state index in [4.69, 9.17) is 5.11 Å². The Labute approximate surface area is 98.7 Å². The molecule has 0 amide bonds. The van der Waals surface area contributed by atoms with E-state index in [1.807, 2.05) is 0 Å². The van der Waals surface area contributed by atoms with Crippen molar-refractivity contribution in [1.82, 2.24) is 4.98 Å². The van der Waals surface area contributed by atoms with Crippen LogP contribution in [0.3, 0.4) is 0 Å². The van der Waals surface area contributed by atoms with Crippen molar-refractivity contribution < 1.29 is 24.5 Å². The summed E-state index contributed by atoms with van der Waals surface area (Å²) >= 11 is 2.95. The lowest BCUT2D eigenvalue weighted by Gasteiger charge is -2.15. The maximum Gasteiger partial charge on any atom is 0.340 e. The van der Waals surface area contributed by atoms with Gasteiger partial charge in [-0.15, -0.1) is 0 Å². The number of hydrogen-bond donors (Lipinski definition) is 3. The van der Waals surface area contributed by atoms with E-state index in [0.717, 1.165) is 12.3 Å². The van der Waals surface area contributed by atoms with Crippen molar-refractivity contribution in [2.24, 2.45) is 0 Å². The Morgan fingerprint density at radius 3 is 2.69 bits per heavy atom. The van der Waals surface area contributed by atoms with Crippen molar-refractivity contribution >= 4 is 21.9 Å². The van der Waals surface area contributed by atoms with E-state index < -0.39 is 29.7 Å². The molecule has 88 valence electrons. The van der Waals surface area contributed by atoms with Crippen molar-refractivity contribution in [2.45, 2.75) is 12.2 Å². The van der Waals surface area contributed by atoms with Crippen LogP contribution in [0.4, 0.5) is 4.39 Å². The third-order valence-corrected chi connectivity index (χ3v) is 2.62. The van der Waals surface area contributed by atoms with Gasteiger partial charge in [-0.3, -0.25) is 0 Å². The number of aromatic nitrogens is 1. The number of nitrogens with zero attached hydrogens (tertiary/aromatic N) is 1. The second kappa shape index (κ2) is 5.33. The average molecular weight is 294 g/mol. The molecule has 0 aliphatic carbocycles. The predicted octanol–water partition coefficient (Wildman–Crippen LogP) is 0.708. The zero-order valence-electron chi connectivity index (χ0n) is 7.97. The van der Waals surface area contributed by atoms with Gasteiger partial charge in [0, 0.05) is 17.1 Å². The van der Waals surface area contributed by atoms with Crippen LogP contribution in [-0.2, 0) is 0 Å². The molecule has 1 aromatic rings. The first-order chi connectivity index (χ1) is 7.47. The van der Waals surface area contributed by atoms with Crippen LogP contribution in [0, 0.1) is 5.95 Å². The molecule has 0 aromatic carbocycles. The van der Waals surface area contributed by atoms with Crippen LogP contribution in [0.2, 0.25) is 0 Å². The molecule has 0 radical (unpaired) electrons. The standard InChI is InChI=1S/C9H9BrFNO4/c10-2-6(13)7(14)4-1-5(9(15)16)8(11)12-3-4/h1,3,6-7,13-14H,2H2,(H,15,16). The third-order valence-electron chi connectivity index (χ3n) is 1.95. The Kier molecular flexibility index (Phi) is 4.34. The van der Waals surface area contributed by atoms with Gasteiger partial charge >= 0.3 is 5.97 Å². The lowest BCUT2D eigenvalue weighted by atomic mass is 10.1. The summed E-state index contributed by atoms with van der Waals surface area (Å²) in [6.07, 6.45) is -1.45. The number of halogens is 2. The number of carbonyl (C=O) groups is 1. The smallest absolute Gasteiger partial charge is 0.340 e. The highest BCUT2D eigenvalue weighted by atomic mass is 79.9. The number of pyridine rings is 1. The van der Waals surface area contributed by atoms with E-state index in [2.05, 4.69) is 20.9 Å². The number of carboxylic acids is 1. The van der Waals surface area contributed by atoms with Crippen molar-refractivity contribution in [1.29, 1.82) is 0 Å². The summed E-state index contributed by atoms with van der Waals surface area (Å²) in [5, 5.41) is 27.6. The van der Waals surface area contributed by atoms with Gasteiger partial charge in [0.2, 0.25) is 5.95 Å². The van der Waals surface area contributed by atoms with Gasteiger partial charge in [0.25, 0.3) is 0 Å². The normalized spacial score (nSPS) is 14.5. The molecule has 1 rings (SSSR count). The van der Waals surface area contributed by atoms with Crippen molar-refractivity contribution in [3.8, 4) is 0 Å². The van der Waals surface area contributed by atoms with Crippen LogP contribution in [-0.4, -0.2) is 37.7 Å². The molecule has 1 heterocycles. The summed E-state index contributed by atoms with van der Waals surface area (Å²) in [4.78, 5) is 13.8. The fraction of sp³-hybridized carbons (Fsp3) is 0.333. The van der Waals surface area contributed by atoms with E-state index in [1.54, 1.807) is 0 Å². The first-order valence-corrected chi connectivity index (χ1v) is 5.40. The molecule has 0 saturated heterocycles. The summed E-state index contributed by atoms with van der Waals surface area (Å²) in [6.45, 7) is 0. The molecule has 16 heavy (non-hydrogen) atoms. The van der Waals surface area contributed by atoms with Crippen LogP contribution in [0.5, 0.6) is 0 Å². The summed E-state index contributed by atoms with van der Waals surface area (Å²) in [6, 6.07) is 0.946. The molecule has 2 unspecified atom stereocenters. The number of carboxylic acid groups (broad SMARTS) is 1. The summed E-state index contributed by atoms with van der Waals surface area (Å²) in [7, 11) is 0. The molecule has 0 bridgehead atoms. The molecular weight excluding hydrogens is 285 g/mol. The first-order valence-electron chi connectivity index (χ1n) is 4.28. The lowest BCUT2D eigenvalue weighted by Crippen LogP contribution is -2.20. The molecular formula is C9H9BrFNO4. The molecule has 2 atom stereocenters. The van der Waals surface area contributed by atoms with Gasteiger partial charge in [0.05, 0.1) is 6.10 Å². The summed E-state index contributed by atoms with van der Waals surface area (Å²) in [5.41, 5.74) is -0.593. The molecule has 0 spiro atoms. The zero-order chi connectivity index (χ0) is 12.3. The Morgan fingerprint density at radius 2 is 2.19 bits per heavy atom. The third kappa shape index (κ3) is 2.75. The molecule has 0 fully saturated rings. The van der Waals surface area contributed by atoms with Gasteiger partial charge in [0.15, 0.2) is 0 Å². The predicted molar refractivity (Wildman–Crippen MR) is 55.9 cm³/mol. The molecule has 1 aromatic heterocycles. The van der Waals surface area contributed by atoms with Gasteiger partial charge in [-0.2, -0.15) is 4.39 Å².